The second kappa shape index (κ2) is 3.84. The summed E-state index contributed by atoms with van der Waals surface area (Å²) in [5.74, 6) is 0.506. The van der Waals surface area contributed by atoms with Gasteiger partial charge in [-0.3, -0.25) is 9.69 Å². The Morgan fingerprint density at radius 3 is 2.65 bits per heavy atom. The van der Waals surface area contributed by atoms with Gasteiger partial charge in [-0.2, -0.15) is 0 Å². The lowest BCUT2D eigenvalue weighted by molar-refractivity contribution is -0.185. The van der Waals surface area contributed by atoms with Crippen LogP contribution in [0, 0.1) is 11.3 Å². The van der Waals surface area contributed by atoms with Crippen LogP contribution in [-0.2, 0) is 4.79 Å². The van der Waals surface area contributed by atoms with Crippen molar-refractivity contribution in [2.24, 2.45) is 11.3 Å². The molecule has 2 saturated heterocycles. The third-order valence-electron chi connectivity index (χ3n) is 6.83. The van der Waals surface area contributed by atoms with Gasteiger partial charge in [-0.1, -0.05) is 0 Å². The molecule has 0 unspecified atom stereocenters. The summed E-state index contributed by atoms with van der Waals surface area (Å²) >= 11 is 0. The van der Waals surface area contributed by atoms with Crippen LogP contribution in [-0.4, -0.2) is 51.2 Å². The highest BCUT2D eigenvalue weighted by atomic mass is 16.3. The maximum Gasteiger partial charge on any atom is 0.154 e. The lowest BCUT2D eigenvalue weighted by atomic mass is 9.52. The molecular weight excluding hydrogens is 254 g/mol. The van der Waals surface area contributed by atoms with Gasteiger partial charge in [-0.05, 0) is 58.0 Å². The fourth-order valence-corrected chi connectivity index (χ4v) is 6.35. The Morgan fingerprint density at radius 2 is 1.90 bits per heavy atom. The third-order valence-corrected chi connectivity index (χ3v) is 6.83. The molecule has 4 rings (SSSR count). The lowest BCUT2D eigenvalue weighted by Crippen LogP contribution is -2.68. The van der Waals surface area contributed by atoms with E-state index in [1.807, 2.05) is 6.92 Å². The minimum atomic E-state index is -0.817. The van der Waals surface area contributed by atoms with Crippen LogP contribution in [0.25, 0.3) is 0 Å². The number of ketones is 1. The highest BCUT2D eigenvalue weighted by Crippen LogP contribution is 2.66. The van der Waals surface area contributed by atoms with E-state index >= 15 is 0 Å². The molecule has 2 saturated carbocycles. The molecular formula is C16H25NO3. The number of hydrogen-bond donors (Lipinski definition) is 2. The Kier molecular flexibility index (Phi) is 2.54. The molecule has 0 aromatic heterocycles. The second-order valence-corrected chi connectivity index (χ2v) is 7.84. The Labute approximate surface area is 120 Å². The molecule has 4 fully saturated rings. The number of aliphatic hydroxyl groups is 2. The predicted molar refractivity (Wildman–Crippen MR) is 74.2 cm³/mol. The summed E-state index contributed by atoms with van der Waals surface area (Å²) in [6.07, 6.45) is 5.14. The van der Waals surface area contributed by atoms with Gasteiger partial charge in [0.15, 0.2) is 5.78 Å². The van der Waals surface area contributed by atoms with Crippen molar-refractivity contribution in [3.05, 3.63) is 0 Å². The van der Waals surface area contributed by atoms with Gasteiger partial charge in [-0.25, -0.2) is 0 Å². The normalized spacial score (nSPS) is 55.5. The van der Waals surface area contributed by atoms with Crippen LogP contribution in [0.2, 0.25) is 0 Å². The van der Waals surface area contributed by atoms with E-state index in [0.29, 0.717) is 25.0 Å². The maximum atomic E-state index is 12.9. The van der Waals surface area contributed by atoms with E-state index in [1.54, 1.807) is 0 Å². The van der Waals surface area contributed by atoms with Gasteiger partial charge in [-0.15, -0.1) is 0 Å². The molecule has 0 aromatic rings. The number of nitrogens with zero attached hydrogens (tertiary/aromatic N) is 1. The van der Waals surface area contributed by atoms with Crippen molar-refractivity contribution >= 4 is 5.78 Å². The molecule has 4 aliphatic rings. The van der Waals surface area contributed by atoms with Gasteiger partial charge in [0.2, 0.25) is 0 Å². The molecule has 4 nitrogen and oxygen atoms in total. The van der Waals surface area contributed by atoms with Crippen molar-refractivity contribution in [3.8, 4) is 0 Å². The highest BCUT2D eigenvalue weighted by molar-refractivity contribution is 5.93. The summed E-state index contributed by atoms with van der Waals surface area (Å²) in [6, 6.07) is 0. The van der Waals surface area contributed by atoms with Gasteiger partial charge >= 0.3 is 0 Å². The standard InChI is InChI=1S/C16H25NO3/c1-14(20)9-11-8-12(18)16-5-3-7-17(16)6-2-4-15(11,16)13(19)10-14/h11,13,19-20H,2-10H2,1H3/t11-,13-,14+,15-,16+/m1/s1. The van der Waals surface area contributed by atoms with Crippen LogP contribution >= 0.6 is 0 Å². The Balaban J connectivity index is 1.85. The average molecular weight is 279 g/mol. The number of piperidine rings is 1. The zero-order valence-corrected chi connectivity index (χ0v) is 12.3. The van der Waals surface area contributed by atoms with Gasteiger partial charge in [0.25, 0.3) is 0 Å². The summed E-state index contributed by atoms with van der Waals surface area (Å²) in [5.41, 5.74) is -1.49. The average Bonchev–Trinajstić information content (AvgIpc) is 2.88. The quantitative estimate of drug-likeness (QED) is 0.697. The number of carbonyl (C=O) groups is 1. The second-order valence-electron chi connectivity index (χ2n) is 7.84. The Hall–Kier alpha value is -0.450. The summed E-state index contributed by atoms with van der Waals surface area (Å²) in [7, 11) is 0. The first kappa shape index (κ1) is 13.2. The van der Waals surface area contributed by atoms with Crippen LogP contribution in [0.1, 0.15) is 51.9 Å². The number of Topliss-reactive ketones (excluding diaryl/α,β-unsaturated/α-hetero) is 1. The van der Waals surface area contributed by atoms with Crippen molar-refractivity contribution in [2.75, 3.05) is 13.1 Å². The largest absolute Gasteiger partial charge is 0.392 e. The van der Waals surface area contributed by atoms with Crippen molar-refractivity contribution in [1.82, 2.24) is 4.90 Å². The van der Waals surface area contributed by atoms with E-state index in [4.69, 9.17) is 0 Å². The van der Waals surface area contributed by atoms with E-state index < -0.39 is 17.2 Å². The molecule has 112 valence electrons. The van der Waals surface area contributed by atoms with Crippen LogP contribution < -0.4 is 0 Å². The van der Waals surface area contributed by atoms with Gasteiger partial charge in [0.1, 0.15) is 0 Å². The molecule has 2 N–H and O–H groups in total. The molecule has 2 spiro atoms. The minimum Gasteiger partial charge on any atom is -0.392 e. The van der Waals surface area contributed by atoms with Crippen molar-refractivity contribution in [2.45, 2.75) is 69.1 Å². The fourth-order valence-electron chi connectivity index (χ4n) is 6.35. The molecule has 5 atom stereocenters. The van der Waals surface area contributed by atoms with Gasteiger partial charge in [0, 0.05) is 18.3 Å². The van der Waals surface area contributed by atoms with E-state index in [-0.39, 0.29) is 11.3 Å². The van der Waals surface area contributed by atoms with Crippen LogP contribution in [0.5, 0.6) is 0 Å². The van der Waals surface area contributed by atoms with Crippen LogP contribution in [0.3, 0.4) is 0 Å². The zero-order chi connectivity index (χ0) is 14.2. The van der Waals surface area contributed by atoms with E-state index in [2.05, 4.69) is 4.90 Å². The van der Waals surface area contributed by atoms with Crippen molar-refractivity contribution in [1.29, 1.82) is 0 Å². The molecule has 20 heavy (non-hydrogen) atoms. The Bertz CT molecular complexity index is 463. The Morgan fingerprint density at radius 1 is 1.20 bits per heavy atom. The molecule has 2 heterocycles. The number of carbonyl (C=O) groups excluding carboxylic acids is 1. The number of hydrogen-bond acceptors (Lipinski definition) is 4. The van der Waals surface area contributed by atoms with Crippen LogP contribution in [0.4, 0.5) is 0 Å². The molecule has 4 heteroatoms. The number of aliphatic hydroxyl groups excluding tert-OH is 1. The highest BCUT2D eigenvalue weighted by Gasteiger charge is 2.73. The first-order valence-corrected chi connectivity index (χ1v) is 8.11. The van der Waals surface area contributed by atoms with E-state index in [0.717, 1.165) is 38.8 Å². The number of rotatable bonds is 0. The molecule has 0 radical (unpaired) electrons. The minimum absolute atomic E-state index is 0.162. The summed E-state index contributed by atoms with van der Waals surface area (Å²) < 4.78 is 0. The topological polar surface area (TPSA) is 60.8 Å². The van der Waals surface area contributed by atoms with E-state index in [9.17, 15) is 15.0 Å². The smallest absolute Gasteiger partial charge is 0.154 e. The van der Waals surface area contributed by atoms with E-state index in [1.165, 1.54) is 0 Å². The maximum absolute atomic E-state index is 12.9. The lowest BCUT2D eigenvalue weighted by Gasteiger charge is -2.59. The SMILES string of the molecule is C[C@]1(O)C[C@H]2CC(=O)[C@]34CCCN3CCC[C@]24[C@H](O)C1. The third kappa shape index (κ3) is 1.31. The molecule has 2 aliphatic carbocycles. The molecule has 0 amide bonds. The monoisotopic (exact) mass is 279 g/mol. The summed E-state index contributed by atoms with van der Waals surface area (Å²) in [6.45, 7) is 3.82. The fraction of sp³-hybridized carbons (Fsp3) is 0.938. The predicted octanol–water partition coefficient (Wildman–Crippen LogP) is 1.10. The molecule has 2 aliphatic heterocycles. The van der Waals surface area contributed by atoms with Crippen molar-refractivity contribution in [3.63, 3.8) is 0 Å². The molecule has 0 bridgehead atoms. The zero-order valence-electron chi connectivity index (χ0n) is 12.3. The summed E-state index contributed by atoms with van der Waals surface area (Å²) in [5, 5.41) is 21.3. The molecule has 0 aromatic carbocycles. The summed E-state index contributed by atoms with van der Waals surface area (Å²) in [4.78, 5) is 15.3. The first-order valence-electron chi connectivity index (χ1n) is 8.11. The van der Waals surface area contributed by atoms with Crippen LogP contribution in [0.15, 0.2) is 0 Å². The van der Waals surface area contributed by atoms with Gasteiger partial charge < -0.3 is 10.2 Å². The van der Waals surface area contributed by atoms with Gasteiger partial charge in [0.05, 0.1) is 17.2 Å². The first-order chi connectivity index (χ1) is 9.42. The van der Waals surface area contributed by atoms with Crippen molar-refractivity contribution < 1.29 is 15.0 Å².